The molecule has 0 aliphatic heterocycles. The molecule has 0 bridgehead atoms. The quantitative estimate of drug-likeness (QED) is 0.611. The van der Waals surface area contributed by atoms with Crippen LogP contribution in [0.5, 0.6) is 0 Å². The third-order valence-corrected chi connectivity index (χ3v) is 4.84. The minimum Gasteiger partial charge on any atom is -0.298 e. The number of anilines is 1. The fourth-order valence-electron chi connectivity index (χ4n) is 2.15. The van der Waals surface area contributed by atoms with Gasteiger partial charge in [-0.15, -0.1) is 22.7 Å². The molecule has 23 heavy (non-hydrogen) atoms. The second-order valence-electron chi connectivity index (χ2n) is 4.76. The average Bonchev–Trinajstić information content (AvgIpc) is 3.24. The van der Waals surface area contributed by atoms with E-state index >= 15 is 0 Å². The summed E-state index contributed by atoms with van der Waals surface area (Å²) in [5.41, 5.74) is 5.07. The van der Waals surface area contributed by atoms with Crippen molar-refractivity contribution in [3.8, 4) is 11.3 Å². The van der Waals surface area contributed by atoms with Crippen molar-refractivity contribution in [2.24, 2.45) is 0 Å². The lowest BCUT2D eigenvalue weighted by atomic mass is 10.2. The van der Waals surface area contributed by atoms with E-state index < -0.39 is 0 Å². The van der Waals surface area contributed by atoms with E-state index in [0.717, 1.165) is 21.5 Å². The molecule has 0 aliphatic carbocycles. The first-order chi connectivity index (χ1) is 11.3. The molecule has 3 aromatic heterocycles. The van der Waals surface area contributed by atoms with Crippen molar-refractivity contribution >= 4 is 43.9 Å². The lowest BCUT2D eigenvalue weighted by molar-refractivity contribution is 0.102. The maximum Gasteiger partial charge on any atom is 0.257 e. The highest BCUT2D eigenvalue weighted by Crippen LogP contribution is 2.25. The fraction of sp³-hybridized carbons (Fsp3) is 0. The van der Waals surface area contributed by atoms with E-state index in [1.54, 1.807) is 24.0 Å². The number of carbonyl (C=O) groups excluding carboxylic acids is 1. The summed E-state index contributed by atoms with van der Waals surface area (Å²) in [4.78, 5) is 25.0. The normalized spacial score (nSPS) is 10.8. The lowest BCUT2D eigenvalue weighted by Crippen LogP contribution is -2.11. The minimum atomic E-state index is -0.170. The van der Waals surface area contributed by atoms with Crippen molar-refractivity contribution in [2.45, 2.75) is 0 Å². The standard InChI is InChI=1S/C16H10N4OS2/c21-15(11-1-2-12-14(7-11)23-9-18-12)20-16-19-13(8-22-16)10-3-5-17-6-4-10/h1-9H,(H,19,20,21). The van der Waals surface area contributed by atoms with Crippen LogP contribution in [-0.4, -0.2) is 20.9 Å². The van der Waals surface area contributed by atoms with Gasteiger partial charge in [-0.05, 0) is 30.3 Å². The summed E-state index contributed by atoms with van der Waals surface area (Å²) in [6.45, 7) is 0. The van der Waals surface area contributed by atoms with E-state index in [1.807, 2.05) is 29.6 Å². The van der Waals surface area contributed by atoms with Crippen molar-refractivity contribution in [3.63, 3.8) is 0 Å². The summed E-state index contributed by atoms with van der Waals surface area (Å²) in [6.07, 6.45) is 3.44. The molecule has 0 saturated carbocycles. The number of aromatic nitrogens is 3. The van der Waals surface area contributed by atoms with Gasteiger partial charge in [0.05, 0.1) is 21.4 Å². The summed E-state index contributed by atoms with van der Waals surface area (Å²) in [5, 5.41) is 5.33. The molecule has 5 nitrogen and oxygen atoms in total. The first kappa shape index (κ1) is 14.0. The predicted molar refractivity (Wildman–Crippen MR) is 92.9 cm³/mol. The molecule has 0 radical (unpaired) electrons. The monoisotopic (exact) mass is 338 g/mol. The zero-order valence-electron chi connectivity index (χ0n) is 11.8. The molecule has 0 atom stereocenters. The molecule has 0 spiro atoms. The first-order valence-electron chi connectivity index (χ1n) is 6.80. The zero-order chi connectivity index (χ0) is 15.6. The third kappa shape index (κ3) is 2.84. The number of thiazole rings is 2. The maximum atomic E-state index is 12.4. The van der Waals surface area contributed by atoms with Gasteiger partial charge >= 0.3 is 0 Å². The second-order valence-corrected chi connectivity index (χ2v) is 6.51. The molecule has 112 valence electrons. The molecule has 4 rings (SSSR count). The van der Waals surface area contributed by atoms with Gasteiger partial charge in [0.2, 0.25) is 0 Å². The largest absolute Gasteiger partial charge is 0.298 e. The predicted octanol–water partition coefficient (Wildman–Crippen LogP) is 4.07. The van der Waals surface area contributed by atoms with Gasteiger partial charge in [-0.25, -0.2) is 9.97 Å². The smallest absolute Gasteiger partial charge is 0.257 e. The Bertz CT molecular complexity index is 978. The second kappa shape index (κ2) is 5.86. The number of amides is 1. The Balaban J connectivity index is 1.55. The van der Waals surface area contributed by atoms with E-state index in [4.69, 9.17) is 0 Å². The molecule has 1 aromatic carbocycles. The number of rotatable bonds is 3. The summed E-state index contributed by atoms with van der Waals surface area (Å²) in [6, 6.07) is 9.25. The highest BCUT2D eigenvalue weighted by Gasteiger charge is 2.11. The Kier molecular flexibility index (Phi) is 3.57. The van der Waals surface area contributed by atoms with Crippen molar-refractivity contribution in [1.82, 2.24) is 15.0 Å². The average molecular weight is 338 g/mol. The number of nitrogens with zero attached hydrogens (tertiary/aromatic N) is 3. The van der Waals surface area contributed by atoms with Crippen LogP contribution >= 0.6 is 22.7 Å². The molecule has 3 heterocycles. The van der Waals surface area contributed by atoms with E-state index in [9.17, 15) is 4.79 Å². The number of hydrogen-bond donors (Lipinski definition) is 1. The Morgan fingerprint density at radius 2 is 1.96 bits per heavy atom. The Morgan fingerprint density at radius 1 is 1.09 bits per heavy atom. The van der Waals surface area contributed by atoms with Crippen molar-refractivity contribution in [1.29, 1.82) is 0 Å². The van der Waals surface area contributed by atoms with Gasteiger partial charge in [0.1, 0.15) is 0 Å². The van der Waals surface area contributed by atoms with Crippen molar-refractivity contribution in [3.05, 3.63) is 59.2 Å². The molecule has 0 unspecified atom stereocenters. The van der Waals surface area contributed by atoms with E-state index in [-0.39, 0.29) is 5.91 Å². The highest BCUT2D eigenvalue weighted by atomic mass is 32.1. The minimum absolute atomic E-state index is 0.170. The molecule has 1 N–H and O–H groups in total. The third-order valence-electron chi connectivity index (χ3n) is 3.29. The topological polar surface area (TPSA) is 67.8 Å². The van der Waals surface area contributed by atoms with Crippen LogP contribution in [0.15, 0.2) is 53.6 Å². The van der Waals surface area contributed by atoms with Gasteiger partial charge in [-0.3, -0.25) is 15.1 Å². The number of hydrogen-bond acceptors (Lipinski definition) is 6. The van der Waals surface area contributed by atoms with Gasteiger partial charge in [0.15, 0.2) is 5.13 Å². The van der Waals surface area contributed by atoms with Crippen LogP contribution in [-0.2, 0) is 0 Å². The van der Waals surface area contributed by atoms with Gasteiger partial charge in [-0.1, -0.05) is 0 Å². The van der Waals surface area contributed by atoms with Crippen LogP contribution in [0.4, 0.5) is 5.13 Å². The molecule has 0 aliphatic rings. The van der Waals surface area contributed by atoms with Crippen LogP contribution in [0.1, 0.15) is 10.4 Å². The number of carbonyl (C=O) groups is 1. The van der Waals surface area contributed by atoms with Crippen molar-refractivity contribution in [2.75, 3.05) is 5.32 Å². The first-order valence-corrected chi connectivity index (χ1v) is 8.56. The number of fused-ring (bicyclic) bond motifs is 1. The Hall–Kier alpha value is -2.64. The molecule has 1 amide bonds. The SMILES string of the molecule is O=C(Nc1nc(-c2ccncc2)cs1)c1ccc2ncsc2c1. The van der Waals surface area contributed by atoms with Crippen LogP contribution in [0.2, 0.25) is 0 Å². The molecule has 0 saturated heterocycles. The Morgan fingerprint density at radius 3 is 2.83 bits per heavy atom. The number of benzene rings is 1. The molecule has 4 aromatic rings. The highest BCUT2D eigenvalue weighted by molar-refractivity contribution is 7.16. The van der Waals surface area contributed by atoms with Gasteiger partial charge in [-0.2, -0.15) is 0 Å². The summed E-state index contributed by atoms with van der Waals surface area (Å²) < 4.78 is 0.995. The van der Waals surface area contributed by atoms with E-state index in [2.05, 4.69) is 20.3 Å². The number of pyridine rings is 1. The lowest BCUT2D eigenvalue weighted by Gasteiger charge is -2.01. The van der Waals surface area contributed by atoms with E-state index in [1.165, 1.54) is 22.7 Å². The zero-order valence-corrected chi connectivity index (χ0v) is 13.4. The van der Waals surface area contributed by atoms with Crippen LogP contribution in [0.25, 0.3) is 21.5 Å². The summed E-state index contributed by atoms with van der Waals surface area (Å²) >= 11 is 2.92. The maximum absolute atomic E-state index is 12.4. The van der Waals surface area contributed by atoms with Crippen molar-refractivity contribution < 1.29 is 4.79 Å². The van der Waals surface area contributed by atoms with Crippen LogP contribution < -0.4 is 5.32 Å². The van der Waals surface area contributed by atoms with E-state index in [0.29, 0.717) is 10.7 Å². The molecule has 7 heteroatoms. The Labute approximate surface area is 139 Å². The molecule has 0 fully saturated rings. The fourth-order valence-corrected chi connectivity index (χ4v) is 3.58. The molecular weight excluding hydrogens is 328 g/mol. The van der Waals surface area contributed by atoms with Crippen LogP contribution in [0, 0.1) is 0 Å². The summed E-state index contributed by atoms with van der Waals surface area (Å²) in [7, 11) is 0. The van der Waals surface area contributed by atoms with Crippen LogP contribution in [0.3, 0.4) is 0 Å². The van der Waals surface area contributed by atoms with Gasteiger partial charge < -0.3 is 0 Å². The van der Waals surface area contributed by atoms with Gasteiger partial charge in [0.25, 0.3) is 5.91 Å². The summed E-state index contributed by atoms with van der Waals surface area (Å²) in [5.74, 6) is -0.170. The molecular formula is C16H10N4OS2. The number of nitrogens with one attached hydrogen (secondary N) is 1. The van der Waals surface area contributed by atoms with Gasteiger partial charge in [0, 0.05) is 28.9 Å².